The van der Waals surface area contributed by atoms with Gasteiger partial charge in [-0.05, 0) is 209 Å². The summed E-state index contributed by atoms with van der Waals surface area (Å²) in [6.07, 6.45) is 17.1. The summed E-state index contributed by atoms with van der Waals surface area (Å²) in [5.41, 5.74) is 21.7. The van der Waals surface area contributed by atoms with Crippen LogP contribution in [0.5, 0.6) is 28.7 Å². The molecule has 0 fully saturated rings. The zero-order chi connectivity index (χ0) is 95.9. The third kappa shape index (κ3) is 39.5. The number of H-pyrrole nitrogens is 1. The first kappa shape index (κ1) is 104. The lowest BCUT2D eigenvalue weighted by molar-refractivity contribution is 0.0619. The molecule has 15 rings (SSSR count). The maximum atomic E-state index is 10.6. The number of nitrogens with zero attached hydrogens (tertiary/aromatic N) is 13. The fraction of sp³-hybridized carbons (Fsp3) is 0.306. The molecular weight excluding hydrogens is 1720 g/mol. The van der Waals surface area contributed by atoms with Gasteiger partial charge in [-0.2, -0.15) is 5.10 Å². The second-order valence-electron chi connectivity index (χ2n) is 34.4. The molecule has 136 heavy (non-hydrogen) atoms. The van der Waals surface area contributed by atoms with Crippen molar-refractivity contribution in [3.05, 3.63) is 428 Å². The molecule has 7 heterocycles. The Kier molecular flexibility index (Phi) is 43.4. The molecule has 712 valence electrons. The highest BCUT2D eigenvalue weighted by molar-refractivity contribution is 7.09. The monoisotopic (exact) mass is 1850 g/mol. The summed E-state index contributed by atoms with van der Waals surface area (Å²) in [6.45, 7) is 27.6. The molecule has 25 heteroatoms. The van der Waals surface area contributed by atoms with E-state index in [4.69, 9.17) is 23.7 Å². The van der Waals surface area contributed by atoms with Gasteiger partial charge in [0.05, 0.1) is 29.4 Å². The highest BCUT2D eigenvalue weighted by Crippen LogP contribution is 2.24. The van der Waals surface area contributed by atoms with E-state index in [2.05, 4.69) is 146 Å². The van der Waals surface area contributed by atoms with Gasteiger partial charge in [0.2, 0.25) is 0 Å². The molecule has 6 N–H and O–H groups in total. The third-order valence-corrected chi connectivity index (χ3v) is 22.9. The number of aryl methyl sites for hydroxylation is 9. The highest BCUT2D eigenvalue weighted by Gasteiger charge is 2.22. The molecule has 7 aromatic heterocycles. The molecule has 0 aliphatic rings. The number of aliphatic hydroxyl groups is 5. The van der Waals surface area contributed by atoms with E-state index in [9.17, 15) is 25.5 Å². The van der Waals surface area contributed by atoms with E-state index < -0.39 is 30.5 Å². The minimum absolute atomic E-state index is 0.240. The van der Waals surface area contributed by atoms with E-state index in [0.717, 1.165) is 108 Å². The first-order chi connectivity index (χ1) is 66.1. The van der Waals surface area contributed by atoms with Gasteiger partial charge >= 0.3 is 0 Å². The van der Waals surface area contributed by atoms with E-state index in [-0.39, 0.29) is 33.0 Å². The van der Waals surface area contributed by atoms with Crippen LogP contribution < -0.4 is 23.7 Å². The van der Waals surface area contributed by atoms with Crippen LogP contribution in [0.4, 0.5) is 0 Å². The van der Waals surface area contributed by atoms with Crippen molar-refractivity contribution in [2.24, 2.45) is 7.05 Å². The number of pyridine rings is 4. The Morgan fingerprint density at radius 1 is 0.309 bits per heavy atom. The Labute approximate surface area is 806 Å². The van der Waals surface area contributed by atoms with E-state index in [1.165, 1.54) is 66.1 Å². The highest BCUT2D eigenvalue weighted by atomic mass is 32.1. The normalized spacial score (nSPS) is 12.2. The Hall–Kier alpha value is -13.0. The molecule has 0 aliphatic heterocycles. The fourth-order valence-electron chi connectivity index (χ4n) is 14.8. The number of hydrogen-bond donors (Lipinski definition) is 6. The van der Waals surface area contributed by atoms with E-state index in [0.29, 0.717) is 52.4 Å². The molecule has 0 saturated carbocycles. The molecule has 0 saturated heterocycles. The number of rotatable bonds is 45. The Morgan fingerprint density at radius 2 is 0.625 bits per heavy atom. The SMILES string of the molecule is Cc1ccc(OCC(O)CN(Cc2ccccn2)Cc2ccccn2)cc1.Cc1ccc(OCC(O)CN(Cc2ccncc2)Cc2ccncc2)cc1.Cc1ccc(OCC(O)CN(Cc2cnc[nH]2)Cc2ccccc2C)cc1.Cc1ccc(OCC(O)CN(Cc2cncs2)Cc2ccccc2C)cc1.Cc1ccc(OCC(O)CN(Cc2cnn(C)c2)Cc2ccccc2C)cc1. The van der Waals surface area contributed by atoms with Gasteiger partial charge in [0, 0.05) is 177 Å². The topological polar surface area (TPSA) is 274 Å². The number of aromatic nitrogens is 9. The summed E-state index contributed by atoms with van der Waals surface area (Å²) >= 11 is 1.64. The molecule has 0 amide bonds. The van der Waals surface area contributed by atoms with Crippen LogP contribution in [0.3, 0.4) is 0 Å². The van der Waals surface area contributed by atoms with Crippen LogP contribution in [-0.2, 0) is 72.5 Å². The summed E-state index contributed by atoms with van der Waals surface area (Å²) in [4.78, 5) is 40.5. The minimum Gasteiger partial charge on any atom is -0.491 e. The van der Waals surface area contributed by atoms with Crippen molar-refractivity contribution in [1.82, 2.24) is 69.2 Å². The van der Waals surface area contributed by atoms with Crippen molar-refractivity contribution in [1.29, 1.82) is 0 Å². The molecule has 0 spiro atoms. The quantitative estimate of drug-likeness (QED) is 0.0207. The average molecular weight is 1850 g/mol. The van der Waals surface area contributed by atoms with Gasteiger partial charge in [-0.1, -0.05) is 173 Å². The lowest BCUT2D eigenvalue weighted by Gasteiger charge is -2.25. The van der Waals surface area contributed by atoms with Crippen LogP contribution in [0, 0.1) is 55.4 Å². The molecule has 15 aromatic rings. The summed E-state index contributed by atoms with van der Waals surface area (Å²) < 4.78 is 30.5. The first-order valence-electron chi connectivity index (χ1n) is 46.1. The van der Waals surface area contributed by atoms with Crippen LogP contribution in [0.15, 0.2) is 329 Å². The van der Waals surface area contributed by atoms with E-state index in [1.54, 1.807) is 59.5 Å². The standard InChI is InChI=1S/C23H29N3O2.C22H27N3O2.2C22H25N3O2.C22H26N2O2S/c1-18-8-10-23(11-9-18)28-17-22(27)16-26(14-20-12-24-25(3)13-20)15-21-7-5-4-6-19(21)2;1-17-7-9-22(10-8-17)27-15-21(26)14-25(13-20-11-23-16-24-20)12-19-6-4-3-5-18(19)2;1-18-2-4-22(5-3-18)27-17-21(26)16-25(14-19-6-10-23-11-7-19)15-20-8-12-24-13-9-20;1-18-8-10-22(11-9-18)27-17-21(26)16-25(14-19-6-2-4-12-23-19)15-20-7-3-5-13-24-20;1-17-7-9-21(10-8-17)26-15-20(25)13-24(14-22-11-23-16-27-22)12-19-6-4-3-5-18(19)2/h4-13,22,27H,14-17H2,1-3H3;3-11,16,21,26H,12-15H2,1-2H3,(H,23,24);2*2-13,21,26H,14-17H2,1H3;3-11,16,20,25H,12-15H2,1-2H3. The molecule has 0 radical (unpaired) electrons. The summed E-state index contributed by atoms with van der Waals surface area (Å²) in [5, 5.41) is 56.9. The van der Waals surface area contributed by atoms with Crippen molar-refractivity contribution in [3.63, 3.8) is 0 Å². The molecule has 0 aliphatic carbocycles. The van der Waals surface area contributed by atoms with Crippen molar-refractivity contribution in [2.45, 2.75) is 151 Å². The number of ether oxygens (including phenoxy) is 5. The number of aliphatic hydroxyl groups excluding tert-OH is 5. The zero-order valence-electron chi connectivity index (χ0n) is 79.7. The van der Waals surface area contributed by atoms with Gasteiger partial charge < -0.3 is 54.2 Å². The molecule has 24 nitrogen and oxygen atoms in total. The van der Waals surface area contributed by atoms with Crippen molar-refractivity contribution >= 4 is 11.3 Å². The van der Waals surface area contributed by atoms with E-state index in [1.807, 2.05) is 266 Å². The zero-order valence-corrected chi connectivity index (χ0v) is 80.5. The number of nitrogens with one attached hydrogen (secondary N) is 1. The number of aromatic amines is 1. The lowest BCUT2D eigenvalue weighted by Crippen LogP contribution is -2.35. The van der Waals surface area contributed by atoms with Crippen LogP contribution in [0.2, 0.25) is 0 Å². The van der Waals surface area contributed by atoms with Gasteiger partial charge in [0.15, 0.2) is 0 Å². The summed E-state index contributed by atoms with van der Waals surface area (Å²) in [5.74, 6) is 3.88. The average Bonchev–Trinajstić information content (AvgIpc) is 1.89. The fourth-order valence-corrected chi connectivity index (χ4v) is 15.4. The Morgan fingerprint density at radius 3 is 0.926 bits per heavy atom. The van der Waals surface area contributed by atoms with Crippen molar-refractivity contribution < 1.29 is 49.2 Å². The molecular formula is C111H132N14O10S. The van der Waals surface area contributed by atoms with Crippen molar-refractivity contribution in [2.75, 3.05) is 65.8 Å². The maximum Gasteiger partial charge on any atom is 0.119 e. The number of imidazole rings is 1. The summed E-state index contributed by atoms with van der Waals surface area (Å²) in [7, 11) is 1.92. The predicted octanol–water partition coefficient (Wildman–Crippen LogP) is 17.6. The number of hydrogen-bond acceptors (Lipinski definition) is 23. The van der Waals surface area contributed by atoms with Crippen LogP contribution in [0.1, 0.15) is 99.8 Å². The number of thiazole rings is 1. The van der Waals surface area contributed by atoms with Gasteiger partial charge in [0.1, 0.15) is 92.3 Å². The van der Waals surface area contributed by atoms with Crippen LogP contribution in [-0.4, -0.2) is 191 Å². The second-order valence-corrected chi connectivity index (χ2v) is 35.4. The third-order valence-electron chi connectivity index (χ3n) is 22.1. The molecule has 8 aromatic carbocycles. The molecule has 5 atom stereocenters. The summed E-state index contributed by atoms with van der Waals surface area (Å²) in [6, 6.07) is 84.1. The predicted molar refractivity (Wildman–Crippen MR) is 538 cm³/mol. The van der Waals surface area contributed by atoms with Gasteiger partial charge in [-0.3, -0.25) is 54.1 Å². The first-order valence-corrected chi connectivity index (χ1v) is 47.0. The van der Waals surface area contributed by atoms with Gasteiger partial charge in [-0.25, -0.2) is 4.98 Å². The van der Waals surface area contributed by atoms with Gasteiger partial charge in [-0.15, -0.1) is 11.3 Å². The van der Waals surface area contributed by atoms with E-state index >= 15 is 0 Å². The molecule has 5 unspecified atom stereocenters. The van der Waals surface area contributed by atoms with Crippen molar-refractivity contribution in [3.8, 4) is 28.7 Å². The maximum absolute atomic E-state index is 10.6. The lowest BCUT2D eigenvalue weighted by atomic mass is 10.1. The molecule has 0 bridgehead atoms. The van der Waals surface area contributed by atoms with Crippen LogP contribution in [0.25, 0.3) is 0 Å². The largest absolute Gasteiger partial charge is 0.491 e. The van der Waals surface area contributed by atoms with Crippen LogP contribution >= 0.6 is 11.3 Å². The van der Waals surface area contributed by atoms with Gasteiger partial charge in [0.25, 0.3) is 0 Å². The smallest absolute Gasteiger partial charge is 0.119 e. The minimum atomic E-state index is -0.612. The second kappa shape index (κ2) is 57.0. The Balaban J connectivity index is 0.000000163. The Bertz CT molecular complexity index is 5390. The number of benzene rings is 8.